The van der Waals surface area contributed by atoms with Crippen molar-refractivity contribution in [2.75, 3.05) is 24.7 Å². The zero-order valence-electron chi connectivity index (χ0n) is 11.2. The summed E-state index contributed by atoms with van der Waals surface area (Å²) in [5.74, 6) is 2.26. The van der Waals surface area contributed by atoms with E-state index in [0.29, 0.717) is 17.6 Å². The van der Waals surface area contributed by atoms with Crippen molar-refractivity contribution in [2.24, 2.45) is 0 Å². The first-order chi connectivity index (χ1) is 9.78. The van der Waals surface area contributed by atoms with E-state index in [1.165, 1.54) is 4.90 Å². The van der Waals surface area contributed by atoms with Gasteiger partial charge in [0.15, 0.2) is 5.82 Å². The normalized spacial score (nSPS) is 10.5. The van der Waals surface area contributed by atoms with Crippen molar-refractivity contribution in [1.29, 1.82) is 0 Å². The maximum Gasteiger partial charge on any atom is 0.158 e. The van der Waals surface area contributed by atoms with Gasteiger partial charge in [0.05, 0.1) is 0 Å². The summed E-state index contributed by atoms with van der Waals surface area (Å²) in [5.41, 5.74) is 0. The molecule has 0 atom stereocenters. The molecule has 106 valence electrons. The zero-order chi connectivity index (χ0) is 14.2. The first-order valence-electron chi connectivity index (χ1n) is 6.22. The van der Waals surface area contributed by atoms with E-state index in [2.05, 4.69) is 27.4 Å². The second kappa shape index (κ2) is 8.09. The Bertz CT molecular complexity index is 539. The maximum atomic E-state index is 5.94. The predicted octanol–water partition coefficient (Wildman–Crippen LogP) is 3.48. The average molecular weight is 310 g/mol. The van der Waals surface area contributed by atoms with E-state index in [1.54, 1.807) is 24.9 Å². The lowest BCUT2D eigenvalue weighted by Gasteiger charge is -2.07. The monoisotopic (exact) mass is 309 g/mol. The third kappa shape index (κ3) is 5.00. The molecule has 0 saturated heterocycles. The lowest BCUT2D eigenvalue weighted by Crippen LogP contribution is -2.08. The molecule has 1 heterocycles. The van der Waals surface area contributed by atoms with Gasteiger partial charge in [-0.3, -0.25) is 0 Å². The molecule has 1 aromatic heterocycles. The highest BCUT2D eigenvalue weighted by molar-refractivity contribution is 7.99. The smallest absolute Gasteiger partial charge is 0.158 e. The van der Waals surface area contributed by atoms with Crippen LogP contribution < -0.4 is 5.32 Å². The highest BCUT2D eigenvalue weighted by Gasteiger charge is 2.02. The van der Waals surface area contributed by atoms with E-state index < -0.39 is 0 Å². The standard InChI is InChI=1S/C14H16ClN3OS/c1-19-10-14-17-12(15)9-13(18-14)16-7-8-20-11-5-3-2-4-6-11/h2-6,9H,7-8,10H2,1H3,(H,16,17,18). The Hall–Kier alpha value is -1.30. The molecular formula is C14H16ClN3OS. The lowest BCUT2D eigenvalue weighted by molar-refractivity contribution is 0.178. The van der Waals surface area contributed by atoms with E-state index in [0.717, 1.165) is 18.1 Å². The molecule has 6 heteroatoms. The molecule has 0 bridgehead atoms. The number of methoxy groups -OCH3 is 1. The first kappa shape index (κ1) is 15.1. The summed E-state index contributed by atoms with van der Waals surface area (Å²) >= 11 is 7.74. The second-order valence-electron chi connectivity index (χ2n) is 4.01. The highest BCUT2D eigenvalue weighted by atomic mass is 35.5. The third-order valence-corrected chi connectivity index (χ3v) is 3.64. The molecule has 0 aliphatic rings. The molecule has 0 unspecified atom stereocenters. The molecule has 1 N–H and O–H groups in total. The van der Waals surface area contributed by atoms with Crippen LogP contribution in [0.1, 0.15) is 5.82 Å². The molecule has 0 amide bonds. The van der Waals surface area contributed by atoms with Gasteiger partial charge in [-0.15, -0.1) is 11.8 Å². The first-order valence-corrected chi connectivity index (χ1v) is 7.58. The van der Waals surface area contributed by atoms with Crippen LogP contribution in [-0.4, -0.2) is 29.4 Å². The third-order valence-electron chi connectivity index (χ3n) is 2.43. The van der Waals surface area contributed by atoms with E-state index in [4.69, 9.17) is 16.3 Å². The molecule has 1 aromatic carbocycles. The average Bonchev–Trinajstić information content (AvgIpc) is 2.45. The van der Waals surface area contributed by atoms with Gasteiger partial charge in [-0.1, -0.05) is 29.8 Å². The number of nitrogens with one attached hydrogen (secondary N) is 1. The van der Waals surface area contributed by atoms with Gasteiger partial charge in [-0.2, -0.15) is 0 Å². The topological polar surface area (TPSA) is 47.0 Å². The number of hydrogen-bond acceptors (Lipinski definition) is 5. The minimum Gasteiger partial charge on any atom is -0.377 e. The van der Waals surface area contributed by atoms with Crippen molar-refractivity contribution < 1.29 is 4.74 Å². The number of hydrogen-bond donors (Lipinski definition) is 1. The molecule has 0 fully saturated rings. The summed E-state index contributed by atoms with van der Waals surface area (Å²) < 4.78 is 5.01. The van der Waals surface area contributed by atoms with E-state index in [9.17, 15) is 0 Å². The second-order valence-corrected chi connectivity index (χ2v) is 5.57. The van der Waals surface area contributed by atoms with Crippen LogP contribution in [0.3, 0.4) is 0 Å². The number of rotatable bonds is 7. The van der Waals surface area contributed by atoms with Gasteiger partial charge >= 0.3 is 0 Å². The summed E-state index contributed by atoms with van der Waals surface area (Å²) in [6.07, 6.45) is 0. The van der Waals surface area contributed by atoms with Crippen molar-refractivity contribution in [3.05, 3.63) is 47.4 Å². The number of halogens is 1. The Labute approximate surface area is 127 Å². The van der Waals surface area contributed by atoms with Crippen LogP contribution in [0.4, 0.5) is 5.82 Å². The fourth-order valence-corrected chi connectivity index (χ4v) is 2.60. The lowest BCUT2D eigenvalue weighted by atomic mass is 10.4. The van der Waals surface area contributed by atoms with Crippen LogP contribution >= 0.6 is 23.4 Å². The van der Waals surface area contributed by atoms with E-state index in [1.807, 2.05) is 18.2 Å². The summed E-state index contributed by atoms with van der Waals surface area (Å²) in [5, 5.41) is 3.66. The fourth-order valence-electron chi connectivity index (χ4n) is 1.61. The van der Waals surface area contributed by atoms with Gasteiger partial charge in [-0.05, 0) is 12.1 Å². The number of benzene rings is 1. The maximum absolute atomic E-state index is 5.94. The van der Waals surface area contributed by atoms with Crippen LogP contribution in [-0.2, 0) is 11.3 Å². The Morgan fingerprint density at radius 2 is 2.05 bits per heavy atom. The number of thioether (sulfide) groups is 1. The Morgan fingerprint density at radius 1 is 1.25 bits per heavy atom. The molecular weight excluding hydrogens is 294 g/mol. The predicted molar refractivity (Wildman–Crippen MR) is 83.4 cm³/mol. The van der Waals surface area contributed by atoms with Gasteiger partial charge < -0.3 is 10.1 Å². The molecule has 0 saturated carbocycles. The molecule has 0 spiro atoms. The van der Waals surface area contributed by atoms with E-state index >= 15 is 0 Å². The van der Waals surface area contributed by atoms with Crippen molar-refractivity contribution >= 4 is 29.2 Å². The molecule has 0 aliphatic heterocycles. The van der Waals surface area contributed by atoms with Gasteiger partial charge in [0.1, 0.15) is 17.6 Å². The van der Waals surface area contributed by atoms with E-state index in [-0.39, 0.29) is 0 Å². The van der Waals surface area contributed by atoms with Crippen molar-refractivity contribution in [2.45, 2.75) is 11.5 Å². The SMILES string of the molecule is COCc1nc(Cl)cc(NCCSc2ccccc2)n1. The Balaban J connectivity index is 1.81. The summed E-state index contributed by atoms with van der Waals surface area (Å²) in [4.78, 5) is 9.67. The molecule has 2 rings (SSSR count). The highest BCUT2D eigenvalue weighted by Crippen LogP contribution is 2.17. The minimum absolute atomic E-state index is 0.355. The molecule has 2 aromatic rings. The Kier molecular flexibility index (Phi) is 6.11. The summed E-state index contributed by atoms with van der Waals surface area (Å²) in [6, 6.07) is 12.0. The summed E-state index contributed by atoms with van der Waals surface area (Å²) in [7, 11) is 1.61. The van der Waals surface area contributed by atoms with Crippen LogP contribution in [0.25, 0.3) is 0 Å². The van der Waals surface area contributed by atoms with Gasteiger partial charge in [-0.25, -0.2) is 9.97 Å². The van der Waals surface area contributed by atoms with Crippen LogP contribution in [0, 0.1) is 0 Å². The molecule has 0 radical (unpaired) electrons. The zero-order valence-corrected chi connectivity index (χ0v) is 12.7. The fraction of sp³-hybridized carbons (Fsp3) is 0.286. The minimum atomic E-state index is 0.355. The van der Waals surface area contributed by atoms with Crippen LogP contribution in [0.5, 0.6) is 0 Å². The van der Waals surface area contributed by atoms with Gasteiger partial charge in [0.2, 0.25) is 0 Å². The Morgan fingerprint density at radius 3 is 2.80 bits per heavy atom. The van der Waals surface area contributed by atoms with Crippen molar-refractivity contribution in [3.8, 4) is 0 Å². The van der Waals surface area contributed by atoms with Crippen LogP contribution in [0.15, 0.2) is 41.3 Å². The number of nitrogens with zero attached hydrogens (tertiary/aromatic N) is 2. The van der Waals surface area contributed by atoms with Gasteiger partial charge in [0, 0.05) is 30.4 Å². The molecule has 0 aliphatic carbocycles. The quantitative estimate of drug-likeness (QED) is 0.482. The largest absolute Gasteiger partial charge is 0.377 e. The summed E-state index contributed by atoms with van der Waals surface area (Å²) in [6.45, 7) is 1.16. The van der Waals surface area contributed by atoms with Crippen LogP contribution in [0.2, 0.25) is 5.15 Å². The number of ether oxygens (including phenoxy) is 1. The molecule has 20 heavy (non-hydrogen) atoms. The molecule has 4 nitrogen and oxygen atoms in total. The van der Waals surface area contributed by atoms with Gasteiger partial charge in [0.25, 0.3) is 0 Å². The number of aromatic nitrogens is 2. The van der Waals surface area contributed by atoms with Crippen molar-refractivity contribution in [3.63, 3.8) is 0 Å². The number of anilines is 1. The van der Waals surface area contributed by atoms with Crippen molar-refractivity contribution in [1.82, 2.24) is 9.97 Å².